The monoisotopic (exact) mass is 1770 g/mol. The van der Waals surface area contributed by atoms with Crippen LogP contribution >= 0.6 is 0 Å². The second kappa shape index (κ2) is 43.2. The third kappa shape index (κ3) is 22.6. The van der Waals surface area contributed by atoms with Crippen molar-refractivity contribution in [1.29, 1.82) is 0 Å². The summed E-state index contributed by atoms with van der Waals surface area (Å²) in [6, 6.07) is -11.0. The second-order valence-electron chi connectivity index (χ2n) is 29.1. The highest BCUT2D eigenvalue weighted by molar-refractivity contribution is 5.81. The lowest BCUT2D eigenvalue weighted by atomic mass is 9.86. The van der Waals surface area contributed by atoms with E-state index in [2.05, 4.69) is 5.32 Å². The quantitative estimate of drug-likeness (QED) is 0.0271. The minimum Gasteiger partial charge on any atom is -0.477 e. The number of aliphatic carboxylic acids is 4. The zero-order valence-electron chi connectivity index (χ0n) is 63.2. The van der Waals surface area contributed by atoms with Crippen LogP contribution in [0.5, 0.6) is 0 Å². The first-order valence-electron chi connectivity index (χ1n) is 36.8. The van der Waals surface area contributed by atoms with E-state index in [4.69, 9.17) is 61.6 Å². The van der Waals surface area contributed by atoms with Crippen molar-refractivity contribution in [3.05, 3.63) is 0 Å². The van der Waals surface area contributed by atoms with Crippen molar-refractivity contribution >= 4 is 53.4 Å². The molecule has 0 aromatic heterocycles. The van der Waals surface area contributed by atoms with Crippen LogP contribution in [0.25, 0.3) is 0 Å². The van der Waals surface area contributed by atoms with Crippen molar-refractivity contribution in [2.75, 3.05) is 72.7 Å². The normalized spacial score (nSPS) is 40.4. The fourth-order valence-corrected chi connectivity index (χ4v) is 14.7. The van der Waals surface area contributed by atoms with Crippen molar-refractivity contribution in [2.24, 2.45) is 0 Å². The Kier molecular flexibility index (Phi) is 36.4. The first-order valence-corrected chi connectivity index (χ1v) is 36.8. The molecule has 0 bridgehead atoms. The van der Waals surface area contributed by atoms with Gasteiger partial charge < -0.3 is 241 Å². The Morgan fingerprint density at radius 2 is 0.686 bits per heavy atom. The number of carbonyl (C=O) groups is 9. The van der Waals surface area contributed by atoms with Crippen molar-refractivity contribution in [1.82, 2.24) is 26.6 Å². The third-order valence-electron chi connectivity index (χ3n) is 20.9. The van der Waals surface area contributed by atoms with Crippen LogP contribution in [0.3, 0.4) is 0 Å². The Balaban J connectivity index is 1.19. The molecule has 121 heavy (non-hydrogen) atoms. The van der Waals surface area contributed by atoms with Crippen LogP contribution in [0.15, 0.2) is 0 Å². The summed E-state index contributed by atoms with van der Waals surface area (Å²) in [5, 5.41) is 337. The number of hydrogen-bond acceptors (Lipinski definition) is 48. The Morgan fingerprint density at radius 1 is 0.364 bits per heavy atom. The molecule has 57 nitrogen and oxygen atoms in total. The maximum absolute atomic E-state index is 13.8. The SMILES string of the molecule is CC(=O)N[C@@H]1[C@@H](O[C@@H]2O[C@H](CO)[C@H](O[C@@H]3O[C@H](CO)[C@H](O)[C@H](O)[C@H]3O)[C@H](O)[C@H]2O)[C@@H](O)[C@@H](CO[C@]2(C(=O)O)C[C@H](O)[C@@H](NC(=O)CO)[C@H]([C@H](O)[C@@H](CO)O[C@]3(C(=O)O)C[C@H](O)[C@@H](NC(=O)CO)[C@H]([C@H](O)[C@@H](CO)O[C@]4(C(=O)O)C[C@H](O)[C@@H](NC(=O)CO)[C@H]([C@H](O)[C@@H](CO)O[C@]5(C(=O)O)C[C@H](O)[C@@H](NC(=O)CO)[C@H]([C@H](O)[C@H](O)CO)O5)O4)O3)O2)O[C@@H]1O. The van der Waals surface area contributed by atoms with E-state index in [1.807, 2.05) is 21.3 Å². The number of carbonyl (C=O) groups excluding carboxylic acids is 5. The zero-order valence-corrected chi connectivity index (χ0v) is 63.2. The van der Waals surface area contributed by atoms with E-state index in [1.165, 1.54) is 0 Å². The molecule has 0 aromatic carbocycles. The molecule has 7 heterocycles. The van der Waals surface area contributed by atoms with Gasteiger partial charge in [-0.3, -0.25) is 24.0 Å². The number of hydrogen-bond donors (Lipinski definition) is 35. The highest BCUT2D eigenvalue weighted by Crippen LogP contribution is 2.44. The van der Waals surface area contributed by atoms with E-state index in [-0.39, 0.29) is 0 Å². The van der Waals surface area contributed by atoms with Crippen LogP contribution in [-0.4, -0.2) is 516 Å². The predicted octanol–water partition coefficient (Wildman–Crippen LogP) is -22.8. The Bertz CT molecular complexity index is 3460. The molecule has 7 aliphatic heterocycles. The van der Waals surface area contributed by atoms with E-state index in [9.17, 15) is 196 Å². The molecule has 7 aliphatic rings. The molecule has 0 aliphatic carbocycles. The van der Waals surface area contributed by atoms with Gasteiger partial charge in [0.2, 0.25) is 29.5 Å². The van der Waals surface area contributed by atoms with Gasteiger partial charge >= 0.3 is 23.9 Å². The molecule has 39 atom stereocenters. The van der Waals surface area contributed by atoms with Crippen LogP contribution in [-0.2, 0) is 105 Å². The highest BCUT2D eigenvalue weighted by Gasteiger charge is 2.66. The van der Waals surface area contributed by atoms with Gasteiger partial charge in [0, 0.05) is 32.6 Å². The van der Waals surface area contributed by atoms with Crippen LogP contribution in [0, 0.1) is 0 Å². The van der Waals surface area contributed by atoms with Gasteiger partial charge in [0.25, 0.3) is 23.1 Å². The molecular formula is C64H103N5O52. The summed E-state index contributed by atoms with van der Waals surface area (Å²) < 4.78 is 73.0. The summed E-state index contributed by atoms with van der Waals surface area (Å²) in [6.45, 7) is -15.1. The number of carboxylic acids is 4. The average molecular weight is 1770 g/mol. The van der Waals surface area contributed by atoms with Gasteiger partial charge in [-0.2, -0.15) is 0 Å². The fraction of sp³-hybridized carbons (Fsp3) is 0.859. The molecule has 0 unspecified atom stereocenters. The molecule has 57 heteroatoms. The molecule has 7 fully saturated rings. The van der Waals surface area contributed by atoms with E-state index >= 15 is 0 Å². The lowest BCUT2D eigenvalue weighted by Crippen LogP contribution is -2.72. The van der Waals surface area contributed by atoms with Crippen LogP contribution < -0.4 is 26.6 Å². The van der Waals surface area contributed by atoms with Crippen molar-refractivity contribution in [3.8, 4) is 0 Å². The summed E-state index contributed by atoms with van der Waals surface area (Å²) in [7, 11) is 0. The molecule has 7 saturated heterocycles. The van der Waals surface area contributed by atoms with E-state index < -0.39 is 389 Å². The molecule has 0 spiro atoms. The molecular weight excluding hydrogens is 1670 g/mol. The van der Waals surface area contributed by atoms with Gasteiger partial charge in [-0.1, -0.05) is 0 Å². The zero-order chi connectivity index (χ0) is 90.7. The lowest BCUT2D eigenvalue weighted by molar-refractivity contribution is -0.374. The topological polar surface area (TPSA) is 941 Å². The molecule has 7 rings (SSSR count). The number of carboxylic acid groups (broad SMARTS) is 4. The smallest absolute Gasteiger partial charge is 0.364 e. The van der Waals surface area contributed by atoms with Crippen molar-refractivity contribution in [3.63, 3.8) is 0 Å². The standard InChI is InChI=1S/C64H103N5O52/c1-17(80)65-37-49(114-56-47(99)45(97)48(27(11-75)112-56)113-55-46(98)44(96)39(91)23(7-71)111-55)43(95)28(110-54(37)100)16-109-61(57(101)102)2-18(81)34(67-30(87)13-77)51(118-61)40(92)24(8-72)116-63(59(105)106)4-20(83)36(69-32(89)15-79)53(120-63)42(94)26(10-74)117-64(60(107)108)5-21(84)35(68-31(88)14-78)52(121-64)41(93)25(9-73)115-62(58(103)104)3-19(82)33(66-29(86)12-76)50(119-62)38(90)22(85)6-70/h18-28,33-56,70-79,81-85,90-100H,2-16H2,1H3,(H,65,80)(H,66,86)(H,67,87)(H,68,88)(H,69,89)(H,101,102)(H,103,104)(H,105,106)(H,107,108)/t18-,19-,20-,21-,22+,23+,24+,25+,26+,27+,28+,33+,34+,35+,36+,37+,38+,39-,40+,41+,42+,43-,44-,45+,46+,47+,48-,49+,50+,51+,52+,53+,54-,55-,56-,61+,62+,63+,64+/m0/s1. The van der Waals surface area contributed by atoms with Gasteiger partial charge in [-0.05, 0) is 0 Å². The first kappa shape index (κ1) is 102. The molecule has 5 amide bonds. The van der Waals surface area contributed by atoms with Crippen LogP contribution in [0.4, 0.5) is 0 Å². The van der Waals surface area contributed by atoms with E-state index in [0.717, 1.165) is 6.92 Å². The molecule has 0 aromatic rings. The minimum absolute atomic E-state index is 0.878. The number of rotatable bonds is 40. The number of ether oxygens (including phenoxy) is 13. The number of aliphatic hydroxyl groups is 26. The Morgan fingerprint density at radius 3 is 1.01 bits per heavy atom. The summed E-state index contributed by atoms with van der Waals surface area (Å²) in [4.78, 5) is 118. The summed E-state index contributed by atoms with van der Waals surface area (Å²) >= 11 is 0. The molecule has 696 valence electrons. The van der Waals surface area contributed by atoms with Crippen molar-refractivity contribution < 1.29 is 258 Å². The third-order valence-corrected chi connectivity index (χ3v) is 20.9. The van der Waals surface area contributed by atoms with Gasteiger partial charge in [-0.25, -0.2) is 19.2 Å². The highest BCUT2D eigenvalue weighted by atomic mass is 16.8. The Labute approximate surface area is 678 Å². The number of aliphatic hydroxyl groups excluding tert-OH is 26. The lowest BCUT2D eigenvalue weighted by Gasteiger charge is -2.51. The van der Waals surface area contributed by atoms with Crippen molar-refractivity contribution in [2.45, 2.75) is 270 Å². The van der Waals surface area contributed by atoms with Gasteiger partial charge in [0.15, 0.2) is 18.9 Å². The largest absolute Gasteiger partial charge is 0.477 e. The van der Waals surface area contributed by atoms with Crippen LogP contribution in [0.2, 0.25) is 0 Å². The maximum atomic E-state index is 13.8. The van der Waals surface area contributed by atoms with Gasteiger partial charge in [0.1, 0.15) is 173 Å². The van der Waals surface area contributed by atoms with E-state index in [0.29, 0.717) is 0 Å². The fourth-order valence-electron chi connectivity index (χ4n) is 14.7. The maximum Gasteiger partial charge on any atom is 0.364 e. The predicted molar refractivity (Wildman–Crippen MR) is 364 cm³/mol. The number of nitrogens with one attached hydrogen (secondary N) is 5. The minimum atomic E-state index is -3.83. The summed E-state index contributed by atoms with van der Waals surface area (Å²) in [5.41, 5.74) is 0. The first-order chi connectivity index (χ1) is 56.8. The summed E-state index contributed by atoms with van der Waals surface area (Å²) in [5.74, 6) is -31.2. The molecule has 0 saturated carbocycles. The molecule has 0 radical (unpaired) electrons. The molecule has 35 N–H and O–H groups in total. The number of amides is 5. The average Bonchev–Trinajstić information content (AvgIpc) is 0.746. The van der Waals surface area contributed by atoms with E-state index in [1.54, 1.807) is 0 Å². The second-order valence-corrected chi connectivity index (χ2v) is 29.1. The van der Waals surface area contributed by atoms with Crippen LogP contribution in [0.1, 0.15) is 32.6 Å². The summed E-state index contributed by atoms with van der Waals surface area (Å²) in [6.07, 6.45) is -78.7. The van der Waals surface area contributed by atoms with Gasteiger partial charge in [0.05, 0.1) is 94.8 Å². The Hall–Kier alpha value is -6.33. The van der Waals surface area contributed by atoms with Gasteiger partial charge in [-0.15, -0.1) is 0 Å².